The molecule has 37 heavy (non-hydrogen) atoms. The second-order valence-corrected chi connectivity index (χ2v) is 12.6. The van der Waals surface area contributed by atoms with E-state index in [0.29, 0.717) is 23.6 Å². The maximum absolute atomic E-state index is 13.5. The predicted molar refractivity (Wildman–Crippen MR) is 144 cm³/mol. The molecular weight excluding hydrogens is 514 g/mol. The van der Waals surface area contributed by atoms with Gasteiger partial charge in [-0.1, -0.05) is 38.8 Å². The minimum absolute atomic E-state index is 0.0480. The largest absolute Gasteiger partial charge is 0.456 e. The van der Waals surface area contributed by atoms with E-state index in [2.05, 4.69) is 10.9 Å². The Labute approximate surface area is 228 Å². The Morgan fingerprint density at radius 1 is 1.35 bits per heavy atom. The van der Waals surface area contributed by atoms with Gasteiger partial charge >= 0.3 is 5.97 Å². The molecule has 2 aliphatic heterocycles. The maximum Gasteiger partial charge on any atom is 0.309 e. The molecule has 0 aliphatic carbocycles. The lowest BCUT2D eigenvalue weighted by Gasteiger charge is -2.35. The molecule has 1 aromatic heterocycles. The van der Waals surface area contributed by atoms with Crippen molar-refractivity contribution in [2.24, 2.45) is 17.3 Å². The van der Waals surface area contributed by atoms with E-state index in [0.717, 1.165) is 17.8 Å². The number of ketones is 1. The molecule has 2 N–H and O–H groups in total. The fourth-order valence-electron chi connectivity index (χ4n) is 5.00. The van der Waals surface area contributed by atoms with Crippen molar-refractivity contribution in [2.45, 2.75) is 103 Å². The van der Waals surface area contributed by atoms with E-state index >= 15 is 0 Å². The first-order chi connectivity index (χ1) is 17.3. The third kappa shape index (κ3) is 7.21. The number of ether oxygens (including phenoxy) is 2. The number of epoxide rings is 1. The summed E-state index contributed by atoms with van der Waals surface area (Å²) in [6.07, 6.45) is 6.19. The zero-order valence-electron chi connectivity index (χ0n) is 22.2. The third-order valence-electron chi connectivity index (χ3n) is 7.80. The van der Waals surface area contributed by atoms with E-state index in [-0.39, 0.29) is 24.2 Å². The van der Waals surface area contributed by atoms with E-state index in [1.165, 1.54) is 11.3 Å². The summed E-state index contributed by atoms with van der Waals surface area (Å²) in [5.41, 5.74) is -1.05. The fraction of sp³-hybridized carbons (Fsp3) is 0.679. The number of terminal acetylenes is 1. The van der Waals surface area contributed by atoms with Crippen molar-refractivity contribution >= 4 is 40.8 Å². The Bertz CT molecular complexity index is 1060. The number of aliphatic hydroxyl groups is 2. The van der Waals surface area contributed by atoms with E-state index in [1.807, 2.05) is 26.2 Å². The van der Waals surface area contributed by atoms with Gasteiger partial charge in [0.25, 0.3) is 0 Å². The first-order valence-corrected chi connectivity index (χ1v) is 14.0. The van der Waals surface area contributed by atoms with Crippen molar-refractivity contribution in [3.05, 3.63) is 21.1 Å². The first kappa shape index (κ1) is 29.8. The Hall–Kier alpha value is -1.76. The van der Waals surface area contributed by atoms with Crippen LogP contribution in [0.5, 0.6) is 0 Å². The molecule has 0 radical (unpaired) electrons. The molecule has 7 nitrogen and oxygen atoms in total. The summed E-state index contributed by atoms with van der Waals surface area (Å²) in [7, 11) is 0. The molecule has 0 aromatic carbocycles. The summed E-state index contributed by atoms with van der Waals surface area (Å²) < 4.78 is 11.8. The number of halogens is 1. The van der Waals surface area contributed by atoms with Crippen LogP contribution in [0.3, 0.4) is 0 Å². The number of rotatable bonds is 3. The second kappa shape index (κ2) is 12.0. The zero-order valence-corrected chi connectivity index (χ0v) is 23.8. The van der Waals surface area contributed by atoms with Crippen LogP contribution >= 0.6 is 22.9 Å². The maximum atomic E-state index is 13.5. The summed E-state index contributed by atoms with van der Waals surface area (Å²) in [6.45, 7) is 8.94. The Morgan fingerprint density at radius 3 is 2.68 bits per heavy atom. The smallest absolute Gasteiger partial charge is 0.309 e. The van der Waals surface area contributed by atoms with Gasteiger partial charge in [-0.25, -0.2) is 4.98 Å². The first-order valence-electron chi connectivity index (χ1n) is 12.8. The van der Waals surface area contributed by atoms with Gasteiger partial charge in [0.2, 0.25) is 0 Å². The van der Waals surface area contributed by atoms with Gasteiger partial charge in [-0.3, -0.25) is 9.59 Å². The second-order valence-electron chi connectivity index (χ2n) is 11.1. The molecule has 9 heteroatoms. The SMILES string of the molecule is C#CC[C@H]1C(=O)C(C)(C)[C@@H](O)CC(=O)O[C@H](/C(Cl)=C\c2csc(C)n2)C[C@H]2O[C@@]2(C)CCC[C@H](C)[C@@H]1O. The van der Waals surface area contributed by atoms with Gasteiger partial charge in [0.15, 0.2) is 0 Å². The van der Waals surface area contributed by atoms with Crippen molar-refractivity contribution in [1.29, 1.82) is 0 Å². The number of carbonyl (C=O) groups is 2. The highest BCUT2D eigenvalue weighted by Crippen LogP contribution is 2.45. The minimum atomic E-state index is -1.34. The molecule has 3 rings (SSSR count). The molecule has 0 spiro atoms. The Morgan fingerprint density at radius 2 is 2.05 bits per heavy atom. The van der Waals surface area contributed by atoms with Gasteiger partial charge < -0.3 is 19.7 Å². The molecule has 3 heterocycles. The number of aryl methyl sites for hydroxylation is 1. The van der Waals surface area contributed by atoms with E-state index < -0.39 is 47.6 Å². The summed E-state index contributed by atoms with van der Waals surface area (Å²) in [5.74, 6) is 0.410. The Kier molecular flexibility index (Phi) is 9.63. The summed E-state index contributed by atoms with van der Waals surface area (Å²) in [4.78, 5) is 30.8. The summed E-state index contributed by atoms with van der Waals surface area (Å²) >= 11 is 8.12. The number of hydrogen-bond acceptors (Lipinski definition) is 8. The van der Waals surface area contributed by atoms with Gasteiger partial charge in [0.1, 0.15) is 11.9 Å². The topological polar surface area (TPSA) is 109 Å². The lowest BCUT2D eigenvalue weighted by molar-refractivity contribution is -0.154. The molecule has 2 fully saturated rings. The van der Waals surface area contributed by atoms with Crippen molar-refractivity contribution in [1.82, 2.24) is 4.98 Å². The summed E-state index contributed by atoms with van der Waals surface area (Å²) in [5, 5.41) is 25.1. The van der Waals surface area contributed by atoms with Crippen LogP contribution in [0.4, 0.5) is 0 Å². The third-order valence-corrected chi connectivity index (χ3v) is 8.94. The molecule has 2 saturated heterocycles. The molecule has 7 atom stereocenters. The molecule has 2 aliphatic rings. The average Bonchev–Trinajstić information content (AvgIpc) is 3.27. The molecule has 0 saturated carbocycles. The summed E-state index contributed by atoms with van der Waals surface area (Å²) in [6, 6.07) is 0. The van der Waals surface area contributed by atoms with Crippen LogP contribution in [0.25, 0.3) is 6.08 Å². The van der Waals surface area contributed by atoms with Crippen LogP contribution < -0.4 is 0 Å². The zero-order chi connectivity index (χ0) is 27.5. The van der Waals surface area contributed by atoms with Crippen molar-refractivity contribution in [2.75, 3.05) is 0 Å². The van der Waals surface area contributed by atoms with Gasteiger partial charge in [0, 0.05) is 18.2 Å². The van der Waals surface area contributed by atoms with Crippen LogP contribution in [0.15, 0.2) is 10.4 Å². The lowest BCUT2D eigenvalue weighted by atomic mass is 9.71. The molecule has 0 unspecified atom stereocenters. The number of carbonyl (C=O) groups excluding carboxylic acids is 2. The lowest BCUT2D eigenvalue weighted by Crippen LogP contribution is -2.46. The number of Topliss-reactive ketones (excluding diaryl/α,β-unsaturated/α-hetero) is 1. The molecule has 204 valence electrons. The Balaban J connectivity index is 1.89. The number of fused-ring (bicyclic) bond motifs is 1. The number of hydrogen-bond donors (Lipinski definition) is 2. The van der Waals surface area contributed by atoms with Crippen LogP contribution in [0.1, 0.15) is 76.9 Å². The molecule has 0 bridgehead atoms. The van der Waals surface area contributed by atoms with Crippen molar-refractivity contribution < 1.29 is 29.3 Å². The van der Waals surface area contributed by atoms with Gasteiger partial charge in [0.05, 0.1) is 57.4 Å². The molecule has 0 amide bonds. The van der Waals surface area contributed by atoms with Crippen molar-refractivity contribution in [3.63, 3.8) is 0 Å². The number of aromatic nitrogens is 1. The molecule has 1 aromatic rings. The van der Waals surface area contributed by atoms with Crippen LogP contribution in [0, 0.1) is 36.5 Å². The van der Waals surface area contributed by atoms with Crippen molar-refractivity contribution in [3.8, 4) is 12.3 Å². The quantitative estimate of drug-likeness (QED) is 0.319. The highest BCUT2D eigenvalue weighted by Gasteiger charge is 2.53. The average molecular weight is 552 g/mol. The number of cyclic esters (lactones) is 1. The van der Waals surface area contributed by atoms with Crippen LogP contribution in [0.2, 0.25) is 0 Å². The number of aliphatic hydroxyl groups excluding tert-OH is 2. The molecular formula is C28H38ClNO6S. The van der Waals surface area contributed by atoms with E-state index in [1.54, 1.807) is 19.9 Å². The standard InChI is InChI=1S/C28H38ClNO6S/c1-7-9-19-25(33)16(2)10-8-11-28(6)23(36-28)13-21(20(29)12-18-15-37-17(3)30-18)35-24(32)14-22(31)27(4,5)26(19)34/h1,12,15-16,19,21-23,25,31,33H,8-11,13-14H2,2-6H3/b20-12+/t16-,19+,21-,22-,23+,25-,28-/m0/s1. The number of thiazole rings is 1. The van der Waals surface area contributed by atoms with Crippen LogP contribution in [-0.4, -0.2) is 57.0 Å². The minimum Gasteiger partial charge on any atom is -0.456 e. The number of esters is 1. The highest BCUT2D eigenvalue weighted by atomic mass is 35.5. The van der Waals surface area contributed by atoms with E-state index in [9.17, 15) is 19.8 Å². The van der Waals surface area contributed by atoms with Gasteiger partial charge in [-0.05, 0) is 38.7 Å². The predicted octanol–water partition coefficient (Wildman–Crippen LogP) is 4.66. The van der Waals surface area contributed by atoms with Gasteiger partial charge in [-0.15, -0.1) is 23.7 Å². The van der Waals surface area contributed by atoms with E-state index in [4.69, 9.17) is 27.5 Å². The van der Waals surface area contributed by atoms with Gasteiger partial charge in [-0.2, -0.15) is 0 Å². The van der Waals surface area contributed by atoms with Crippen LogP contribution in [-0.2, 0) is 19.1 Å². The highest BCUT2D eigenvalue weighted by molar-refractivity contribution is 7.09. The fourth-order valence-corrected chi connectivity index (χ4v) is 5.82. The number of nitrogens with zero attached hydrogens (tertiary/aromatic N) is 1. The normalized spacial score (nSPS) is 35.8. The monoisotopic (exact) mass is 551 g/mol.